The molecule has 0 heterocycles. The van der Waals surface area contributed by atoms with E-state index in [4.69, 9.17) is 0 Å². The average Bonchev–Trinajstić information content (AvgIpc) is 2.97. The van der Waals surface area contributed by atoms with Crippen LogP contribution in [0.5, 0.6) is 0 Å². The van der Waals surface area contributed by atoms with E-state index < -0.39 is 18.4 Å². The summed E-state index contributed by atoms with van der Waals surface area (Å²) >= 11 is -3.05. The molecule has 204 valence electrons. The van der Waals surface area contributed by atoms with Gasteiger partial charge in [-0.2, -0.15) is 0 Å². The summed E-state index contributed by atoms with van der Waals surface area (Å²) in [6, 6.07) is 33.3. The molecule has 4 aliphatic rings. The molecule has 2 bridgehead atoms. The van der Waals surface area contributed by atoms with Crippen LogP contribution in [0.1, 0.15) is 55.7 Å². The maximum atomic E-state index is 13.6. The van der Waals surface area contributed by atoms with E-state index in [0.717, 1.165) is 32.6 Å². The Balaban J connectivity index is 1.36. The molecule has 40 heavy (non-hydrogen) atoms. The third-order valence-corrected chi connectivity index (χ3v) is 22.6. The second-order valence-electron chi connectivity index (χ2n) is 13.2. The molecular formula is C38H42OSn. The van der Waals surface area contributed by atoms with Crippen LogP contribution in [-0.4, -0.2) is 24.2 Å². The van der Waals surface area contributed by atoms with Gasteiger partial charge in [-0.3, -0.25) is 0 Å². The van der Waals surface area contributed by atoms with Crippen LogP contribution in [0.15, 0.2) is 125 Å². The first kappa shape index (κ1) is 27.5. The third kappa shape index (κ3) is 5.47. The molecule has 2 heteroatoms. The van der Waals surface area contributed by atoms with Crippen molar-refractivity contribution in [2.24, 2.45) is 22.7 Å². The van der Waals surface area contributed by atoms with E-state index in [1.807, 2.05) is 6.08 Å². The van der Waals surface area contributed by atoms with Crippen LogP contribution in [0.4, 0.5) is 0 Å². The summed E-state index contributed by atoms with van der Waals surface area (Å²) in [6.45, 7) is 6.72. The van der Waals surface area contributed by atoms with Gasteiger partial charge in [-0.1, -0.05) is 0 Å². The van der Waals surface area contributed by atoms with Gasteiger partial charge >= 0.3 is 246 Å². The van der Waals surface area contributed by atoms with E-state index in [0.29, 0.717) is 17.6 Å². The van der Waals surface area contributed by atoms with E-state index >= 15 is 0 Å². The van der Waals surface area contributed by atoms with Crippen molar-refractivity contribution in [3.8, 4) is 0 Å². The van der Waals surface area contributed by atoms with E-state index in [9.17, 15) is 4.79 Å². The second kappa shape index (κ2) is 11.3. The van der Waals surface area contributed by atoms with Crippen molar-refractivity contribution >= 4 is 24.2 Å². The van der Waals surface area contributed by atoms with Gasteiger partial charge in [-0.05, 0) is 0 Å². The van der Waals surface area contributed by atoms with Gasteiger partial charge in [0.2, 0.25) is 0 Å². The Kier molecular flexibility index (Phi) is 7.79. The van der Waals surface area contributed by atoms with Crippen LogP contribution in [0.3, 0.4) is 0 Å². The molecule has 3 saturated carbocycles. The number of hydrogen-bond donors (Lipinski definition) is 0. The molecular weight excluding hydrogens is 591 g/mol. The topological polar surface area (TPSA) is 17.1 Å². The van der Waals surface area contributed by atoms with Crippen LogP contribution < -0.4 is 0 Å². The number of carbonyl (C=O) groups excluding carboxylic acids is 1. The predicted octanol–water partition coefficient (Wildman–Crippen LogP) is 8.77. The first-order valence-corrected chi connectivity index (χ1v) is 22.8. The van der Waals surface area contributed by atoms with Gasteiger partial charge < -0.3 is 0 Å². The molecule has 0 aliphatic heterocycles. The zero-order valence-corrected chi connectivity index (χ0v) is 26.8. The van der Waals surface area contributed by atoms with Gasteiger partial charge in [-0.25, -0.2) is 0 Å². The van der Waals surface area contributed by atoms with Gasteiger partial charge in [-0.15, -0.1) is 0 Å². The predicted molar refractivity (Wildman–Crippen MR) is 169 cm³/mol. The van der Waals surface area contributed by atoms with Crippen molar-refractivity contribution in [2.75, 3.05) is 0 Å². The quantitative estimate of drug-likeness (QED) is 0.170. The second-order valence-corrected chi connectivity index (χ2v) is 24.9. The van der Waals surface area contributed by atoms with Gasteiger partial charge in [0, 0.05) is 0 Å². The molecule has 0 N–H and O–H groups in total. The molecule has 1 spiro atoms. The Labute approximate surface area is 245 Å². The fourth-order valence-electron chi connectivity index (χ4n) is 8.33. The van der Waals surface area contributed by atoms with Crippen LogP contribution in [0.2, 0.25) is 0 Å². The molecule has 0 radical (unpaired) electrons. The fraction of sp³-hybridized carbons (Fsp3) is 0.342. The molecule has 1 nitrogen and oxygen atoms in total. The molecule has 7 rings (SSSR count). The number of ketones is 1. The Morgan fingerprint density at radius 3 is 1.88 bits per heavy atom. The molecule has 3 aromatic carbocycles. The van der Waals surface area contributed by atoms with Gasteiger partial charge in [0.15, 0.2) is 0 Å². The Hall–Kier alpha value is -2.65. The Morgan fingerprint density at radius 1 is 0.850 bits per heavy atom. The van der Waals surface area contributed by atoms with Crippen molar-refractivity contribution < 1.29 is 4.79 Å². The molecule has 0 unspecified atom stereocenters. The van der Waals surface area contributed by atoms with E-state index in [1.54, 1.807) is 0 Å². The molecule has 3 aromatic rings. The van der Waals surface area contributed by atoms with Gasteiger partial charge in [0.25, 0.3) is 0 Å². The zero-order chi connectivity index (χ0) is 27.6. The molecule has 0 saturated heterocycles. The summed E-state index contributed by atoms with van der Waals surface area (Å²) in [7, 11) is 0. The first-order valence-electron chi connectivity index (χ1n) is 15.1. The first-order chi connectivity index (χ1) is 19.4. The number of fused-ring (bicyclic) bond motifs is 2. The molecule has 3 fully saturated rings. The fourth-order valence-corrected chi connectivity index (χ4v) is 21.2. The molecule has 4 aliphatic carbocycles. The van der Waals surface area contributed by atoms with Crippen LogP contribution in [-0.2, 0) is 18.1 Å². The van der Waals surface area contributed by atoms with Crippen LogP contribution >= 0.6 is 0 Å². The van der Waals surface area contributed by atoms with Gasteiger partial charge in [0.1, 0.15) is 0 Å². The summed E-state index contributed by atoms with van der Waals surface area (Å²) in [4.78, 5) is 13.6. The maximum absolute atomic E-state index is 13.6. The number of rotatable bonds is 9. The standard InChI is InChI=1S/C17H21O.3C7H7.Sn/c1-4-7-16(3)14-10-13-5-8-17(14,11-12(13)2)9-6-15(16)18;3*1-7-5-3-2-4-6-7;/h1,4,6,9,13-14H,2,5,7-8,10-11H2,3H3;3*2-6H,1H2;/t13-,14-,16-,17+;;;;/m0..../s1. The van der Waals surface area contributed by atoms with Crippen molar-refractivity contribution in [3.63, 3.8) is 0 Å². The van der Waals surface area contributed by atoms with Crippen molar-refractivity contribution in [1.29, 1.82) is 0 Å². The van der Waals surface area contributed by atoms with E-state index in [1.165, 1.54) is 35.1 Å². The Morgan fingerprint density at radius 2 is 1.38 bits per heavy atom. The summed E-state index contributed by atoms with van der Waals surface area (Å²) in [5.41, 5.74) is 5.57. The molecule has 0 amide bonds. The summed E-state index contributed by atoms with van der Waals surface area (Å²) < 4.78 is 6.19. The zero-order valence-electron chi connectivity index (χ0n) is 23.9. The normalized spacial score (nSPS) is 27.7. The summed E-state index contributed by atoms with van der Waals surface area (Å²) in [5, 5.41) is 0. The number of allylic oxidation sites excluding steroid dienone is 4. The van der Waals surface area contributed by atoms with Crippen molar-refractivity contribution in [3.05, 3.63) is 142 Å². The van der Waals surface area contributed by atoms with Crippen LogP contribution in [0, 0.1) is 22.7 Å². The van der Waals surface area contributed by atoms with Gasteiger partial charge in [0.05, 0.1) is 0 Å². The minimum absolute atomic E-state index is 0.140. The third-order valence-electron chi connectivity index (χ3n) is 10.4. The van der Waals surface area contributed by atoms with Crippen LogP contribution in [0.25, 0.3) is 0 Å². The number of hydrogen-bond acceptors (Lipinski definition) is 1. The number of carbonyl (C=O) groups is 1. The van der Waals surface area contributed by atoms with Crippen molar-refractivity contribution in [2.45, 2.75) is 52.3 Å². The molecule has 4 atom stereocenters. The Bertz CT molecular complexity index is 1300. The summed E-state index contributed by atoms with van der Waals surface area (Å²) in [5.74, 6) is 1.36. The average molecular weight is 633 g/mol. The molecule has 0 aromatic heterocycles. The monoisotopic (exact) mass is 634 g/mol. The van der Waals surface area contributed by atoms with E-state index in [-0.39, 0.29) is 10.8 Å². The summed E-state index contributed by atoms with van der Waals surface area (Å²) in [6.07, 6.45) is 12.2. The van der Waals surface area contributed by atoms with E-state index in [2.05, 4.69) is 121 Å². The van der Waals surface area contributed by atoms with Crippen molar-refractivity contribution in [1.82, 2.24) is 0 Å². The SMILES string of the molecule is C=C1C[C@@]23C=CC(=O)[C@@](C)(C/C=[CH]/[Sn]([CH2]c4ccccc4)([CH2]c4ccccc4)[CH2]c4ccccc4)[C@@H]2C[C@@H]1CC3. The number of benzene rings is 3. The minimum atomic E-state index is -3.05.